The van der Waals surface area contributed by atoms with Crippen LogP contribution in [0.2, 0.25) is 0 Å². The summed E-state index contributed by atoms with van der Waals surface area (Å²) < 4.78 is 43.1. The molecule has 2 N–H and O–H groups in total. The number of rotatable bonds is 5. The van der Waals surface area contributed by atoms with Gasteiger partial charge in [-0.05, 0) is 49.4 Å². The summed E-state index contributed by atoms with van der Waals surface area (Å²) >= 11 is 0. The second-order valence-electron chi connectivity index (χ2n) is 5.16. The average molecular weight is 353 g/mol. The normalized spacial score (nSPS) is 12.3. The molecular weight excluding hydrogens is 339 g/mol. The molecule has 132 valence electrons. The number of carboxylic acid groups (broad SMARTS) is 1. The molecule has 0 bridgehead atoms. The summed E-state index contributed by atoms with van der Waals surface area (Å²) in [5, 5.41) is 11.1. The van der Waals surface area contributed by atoms with Gasteiger partial charge in [-0.25, -0.2) is 4.79 Å². The first-order chi connectivity index (χ1) is 11.7. The minimum Gasteiger partial charge on any atom is -0.479 e. The van der Waals surface area contributed by atoms with Crippen LogP contribution in [0, 0.1) is 0 Å². The number of anilines is 1. The van der Waals surface area contributed by atoms with Crippen LogP contribution in [0.25, 0.3) is 0 Å². The third-order valence-electron chi connectivity index (χ3n) is 3.22. The maximum absolute atomic E-state index is 12.7. The fraction of sp³-hybridized carbons (Fsp3) is 0.176. The van der Waals surface area contributed by atoms with Gasteiger partial charge in [0, 0.05) is 11.3 Å². The van der Waals surface area contributed by atoms with Crippen molar-refractivity contribution in [3.63, 3.8) is 0 Å². The number of halogens is 3. The zero-order valence-corrected chi connectivity index (χ0v) is 13.0. The standard InChI is InChI=1S/C17H14F3NO4/c1-10(16(23)24)25-14-7-5-11(6-8-14)15(22)21-13-4-2-3-12(9-13)17(18,19)20/h2-10H,1H3,(H,21,22)(H,23,24). The summed E-state index contributed by atoms with van der Waals surface area (Å²) in [6.45, 7) is 1.36. The van der Waals surface area contributed by atoms with Crippen molar-refractivity contribution < 1.29 is 32.6 Å². The van der Waals surface area contributed by atoms with Crippen molar-refractivity contribution in [2.75, 3.05) is 5.32 Å². The lowest BCUT2D eigenvalue weighted by molar-refractivity contribution is -0.144. The summed E-state index contributed by atoms with van der Waals surface area (Å²) in [5.74, 6) is -1.48. The van der Waals surface area contributed by atoms with E-state index >= 15 is 0 Å². The Hall–Kier alpha value is -3.03. The number of hydrogen-bond acceptors (Lipinski definition) is 3. The molecule has 1 unspecified atom stereocenters. The predicted molar refractivity (Wildman–Crippen MR) is 83.6 cm³/mol. The molecular formula is C17H14F3NO4. The molecule has 0 heterocycles. The molecule has 2 rings (SSSR count). The van der Waals surface area contributed by atoms with Crippen LogP contribution in [0.5, 0.6) is 5.75 Å². The van der Waals surface area contributed by atoms with E-state index in [1.165, 1.54) is 43.3 Å². The smallest absolute Gasteiger partial charge is 0.416 e. The van der Waals surface area contributed by atoms with Crippen molar-refractivity contribution >= 4 is 17.6 Å². The van der Waals surface area contributed by atoms with E-state index < -0.39 is 29.7 Å². The van der Waals surface area contributed by atoms with E-state index in [2.05, 4.69) is 5.32 Å². The van der Waals surface area contributed by atoms with Gasteiger partial charge in [0.05, 0.1) is 5.56 Å². The van der Waals surface area contributed by atoms with E-state index in [0.29, 0.717) is 0 Å². The predicted octanol–water partition coefficient (Wildman–Crippen LogP) is 3.81. The van der Waals surface area contributed by atoms with Gasteiger partial charge in [-0.3, -0.25) is 4.79 Å². The fourth-order valence-corrected chi connectivity index (χ4v) is 1.92. The number of carbonyl (C=O) groups excluding carboxylic acids is 1. The van der Waals surface area contributed by atoms with E-state index in [1.54, 1.807) is 0 Å². The molecule has 2 aromatic carbocycles. The largest absolute Gasteiger partial charge is 0.479 e. The lowest BCUT2D eigenvalue weighted by Gasteiger charge is -2.11. The number of hydrogen-bond donors (Lipinski definition) is 2. The third-order valence-corrected chi connectivity index (χ3v) is 3.22. The SMILES string of the molecule is CC(Oc1ccc(C(=O)Nc2cccc(C(F)(F)F)c2)cc1)C(=O)O. The molecule has 0 saturated heterocycles. The average Bonchev–Trinajstić information content (AvgIpc) is 2.54. The maximum atomic E-state index is 12.7. The van der Waals surface area contributed by atoms with Crippen LogP contribution in [-0.4, -0.2) is 23.1 Å². The molecule has 8 heteroatoms. The Balaban J connectivity index is 2.07. The van der Waals surface area contributed by atoms with E-state index in [9.17, 15) is 22.8 Å². The Kier molecular flexibility index (Phi) is 5.31. The second-order valence-corrected chi connectivity index (χ2v) is 5.16. The lowest BCUT2D eigenvalue weighted by Crippen LogP contribution is -2.22. The van der Waals surface area contributed by atoms with E-state index in [1.807, 2.05) is 0 Å². The molecule has 0 aromatic heterocycles. The van der Waals surface area contributed by atoms with Crippen LogP contribution in [0.3, 0.4) is 0 Å². The number of alkyl halides is 3. The van der Waals surface area contributed by atoms with Gasteiger partial charge in [0.2, 0.25) is 0 Å². The fourth-order valence-electron chi connectivity index (χ4n) is 1.92. The minimum absolute atomic E-state index is 0.0136. The number of ether oxygens (including phenoxy) is 1. The molecule has 0 aliphatic rings. The van der Waals surface area contributed by atoms with Gasteiger partial charge in [-0.15, -0.1) is 0 Å². The summed E-state index contributed by atoms with van der Waals surface area (Å²) in [6.07, 6.45) is -5.55. The van der Waals surface area contributed by atoms with Crippen LogP contribution in [-0.2, 0) is 11.0 Å². The van der Waals surface area contributed by atoms with Crippen molar-refractivity contribution in [2.24, 2.45) is 0 Å². The Morgan fingerprint density at radius 1 is 1.12 bits per heavy atom. The van der Waals surface area contributed by atoms with Gasteiger partial charge in [-0.2, -0.15) is 13.2 Å². The van der Waals surface area contributed by atoms with Crippen molar-refractivity contribution in [1.82, 2.24) is 0 Å². The molecule has 0 radical (unpaired) electrons. The zero-order valence-electron chi connectivity index (χ0n) is 13.0. The van der Waals surface area contributed by atoms with E-state index in [4.69, 9.17) is 9.84 Å². The van der Waals surface area contributed by atoms with Crippen molar-refractivity contribution in [3.05, 3.63) is 59.7 Å². The first-order valence-electron chi connectivity index (χ1n) is 7.15. The van der Waals surface area contributed by atoms with Gasteiger partial charge >= 0.3 is 12.1 Å². The molecule has 1 amide bonds. The molecule has 25 heavy (non-hydrogen) atoms. The van der Waals surface area contributed by atoms with Gasteiger partial charge in [0.15, 0.2) is 6.10 Å². The quantitative estimate of drug-likeness (QED) is 0.857. The Labute approximate surface area is 141 Å². The zero-order chi connectivity index (χ0) is 18.6. The Bertz CT molecular complexity index is 772. The molecule has 2 aromatic rings. The third kappa shape index (κ3) is 4.97. The highest BCUT2D eigenvalue weighted by Gasteiger charge is 2.30. The highest BCUT2D eigenvalue weighted by Crippen LogP contribution is 2.30. The van der Waals surface area contributed by atoms with Crippen molar-refractivity contribution in [1.29, 1.82) is 0 Å². The van der Waals surface area contributed by atoms with E-state index in [0.717, 1.165) is 12.1 Å². The second kappa shape index (κ2) is 7.25. The first kappa shape index (κ1) is 18.3. The molecule has 1 atom stereocenters. The molecule has 5 nitrogen and oxygen atoms in total. The molecule has 0 fully saturated rings. The number of amides is 1. The van der Waals surface area contributed by atoms with Crippen LogP contribution in [0.1, 0.15) is 22.8 Å². The topological polar surface area (TPSA) is 75.6 Å². The molecule has 0 aliphatic heterocycles. The summed E-state index contributed by atoms with van der Waals surface area (Å²) in [5.41, 5.74) is -0.663. The highest BCUT2D eigenvalue weighted by molar-refractivity contribution is 6.04. The minimum atomic E-state index is -4.50. The lowest BCUT2D eigenvalue weighted by atomic mass is 10.1. The summed E-state index contributed by atoms with van der Waals surface area (Å²) in [7, 11) is 0. The Morgan fingerprint density at radius 2 is 1.76 bits per heavy atom. The van der Waals surface area contributed by atoms with Gasteiger partial charge in [0.25, 0.3) is 5.91 Å². The van der Waals surface area contributed by atoms with Crippen LogP contribution < -0.4 is 10.1 Å². The van der Waals surface area contributed by atoms with Crippen LogP contribution in [0.4, 0.5) is 18.9 Å². The number of carboxylic acids is 1. The molecule has 0 spiro atoms. The maximum Gasteiger partial charge on any atom is 0.416 e. The van der Waals surface area contributed by atoms with Gasteiger partial charge in [0.1, 0.15) is 5.75 Å². The monoisotopic (exact) mass is 353 g/mol. The van der Waals surface area contributed by atoms with Crippen LogP contribution in [0.15, 0.2) is 48.5 Å². The van der Waals surface area contributed by atoms with Crippen molar-refractivity contribution in [2.45, 2.75) is 19.2 Å². The molecule has 0 saturated carbocycles. The van der Waals surface area contributed by atoms with Crippen molar-refractivity contribution in [3.8, 4) is 5.75 Å². The van der Waals surface area contributed by atoms with Gasteiger partial charge < -0.3 is 15.2 Å². The number of benzene rings is 2. The number of carbonyl (C=O) groups is 2. The molecule has 0 aliphatic carbocycles. The first-order valence-corrected chi connectivity index (χ1v) is 7.15. The van der Waals surface area contributed by atoms with Gasteiger partial charge in [-0.1, -0.05) is 6.07 Å². The Morgan fingerprint density at radius 3 is 2.32 bits per heavy atom. The number of aliphatic carboxylic acids is 1. The van der Waals surface area contributed by atoms with E-state index in [-0.39, 0.29) is 17.0 Å². The summed E-state index contributed by atoms with van der Waals surface area (Å²) in [6, 6.07) is 9.86. The number of nitrogens with one attached hydrogen (secondary N) is 1. The van der Waals surface area contributed by atoms with Crippen LogP contribution >= 0.6 is 0 Å². The summed E-state index contributed by atoms with van der Waals surface area (Å²) in [4.78, 5) is 22.8. The highest BCUT2D eigenvalue weighted by atomic mass is 19.4.